The van der Waals surface area contributed by atoms with E-state index in [1.54, 1.807) is 6.92 Å². The van der Waals surface area contributed by atoms with Crippen molar-refractivity contribution in [1.29, 1.82) is 0 Å². The van der Waals surface area contributed by atoms with Gasteiger partial charge in [-0.1, -0.05) is 23.2 Å². The lowest BCUT2D eigenvalue weighted by molar-refractivity contribution is -0.119. The van der Waals surface area contributed by atoms with Crippen molar-refractivity contribution in [3.8, 4) is 0 Å². The molecule has 0 aromatic carbocycles. The van der Waals surface area contributed by atoms with Gasteiger partial charge in [-0.25, -0.2) is 9.78 Å². The van der Waals surface area contributed by atoms with Crippen molar-refractivity contribution in [3.05, 3.63) is 43.2 Å². The molecular formula is C17H16Cl2N2O3S. The topological polar surface area (TPSA) is 68.3 Å². The van der Waals surface area contributed by atoms with Gasteiger partial charge in [-0.3, -0.25) is 4.79 Å². The number of aryl methyl sites for hydroxylation is 3. The molecule has 0 atom stereocenters. The Morgan fingerprint density at radius 2 is 2.00 bits per heavy atom. The average molecular weight is 399 g/mol. The lowest BCUT2D eigenvalue weighted by atomic mass is 9.99. The number of nitrogens with zero attached hydrogens (tertiary/aromatic N) is 1. The molecule has 132 valence electrons. The minimum atomic E-state index is -0.509. The normalized spacial score (nSPS) is 13.2. The molecule has 5 nitrogen and oxygen atoms in total. The molecule has 0 radical (unpaired) electrons. The zero-order valence-corrected chi connectivity index (χ0v) is 15.9. The zero-order valence-electron chi connectivity index (χ0n) is 13.5. The van der Waals surface area contributed by atoms with Crippen LogP contribution in [0, 0.1) is 6.92 Å². The molecular weight excluding hydrogens is 383 g/mol. The largest absolute Gasteiger partial charge is 0.451 e. The molecule has 8 heteroatoms. The molecule has 1 aliphatic carbocycles. The van der Waals surface area contributed by atoms with Crippen LogP contribution >= 0.6 is 34.5 Å². The molecule has 1 amide bonds. The Labute approximate surface area is 159 Å². The summed E-state index contributed by atoms with van der Waals surface area (Å²) in [6.07, 6.45) is 4.31. The SMILES string of the molecule is Cc1nc(NC(=O)COC(=O)c2cc3c(s2)CCCC3)c(Cl)cc1Cl. The highest BCUT2D eigenvalue weighted by Crippen LogP contribution is 2.30. The Balaban J connectivity index is 1.58. The van der Waals surface area contributed by atoms with Crippen molar-refractivity contribution in [2.45, 2.75) is 32.6 Å². The Hall–Kier alpha value is -1.63. The molecule has 2 aromatic heterocycles. The van der Waals surface area contributed by atoms with Gasteiger partial charge in [0, 0.05) is 4.88 Å². The van der Waals surface area contributed by atoms with E-state index in [1.807, 2.05) is 6.07 Å². The van der Waals surface area contributed by atoms with E-state index in [0.29, 0.717) is 15.6 Å². The number of nitrogens with one attached hydrogen (secondary N) is 1. The van der Waals surface area contributed by atoms with E-state index < -0.39 is 18.5 Å². The number of esters is 1. The summed E-state index contributed by atoms with van der Waals surface area (Å²) in [5, 5.41) is 3.16. The second-order valence-electron chi connectivity index (χ2n) is 5.78. The molecule has 0 spiro atoms. The van der Waals surface area contributed by atoms with E-state index in [-0.39, 0.29) is 10.8 Å². The fourth-order valence-electron chi connectivity index (χ4n) is 2.61. The highest BCUT2D eigenvalue weighted by atomic mass is 35.5. The number of amides is 1. The van der Waals surface area contributed by atoms with Crippen LogP contribution in [0.2, 0.25) is 10.0 Å². The minimum absolute atomic E-state index is 0.191. The number of carbonyl (C=O) groups excluding carboxylic acids is 2. The van der Waals surface area contributed by atoms with Crippen molar-refractivity contribution >= 4 is 52.2 Å². The molecule has 25 heavy (non-hydrogen) atoms. The first-order chi connectivity index (χ1) is 11.9. The smallest absolute Gasteiger partial charge is 0.348 e. The quantitative estimate of drug-likeness (QED) is 0.773. The highest BCUT2D eigenvalue weighted by Gasteiger charge is 2.19. The molecule has 2 aromatic rings. The van der Waals surface area contributed by atoms with Crippen molar-refractivity contribution in [2.75, 3.05) is 11.9 Å². The summed E-state index contributed by atoms with van der Waals surface area (Å²) in [7, 11) is 0. The number of aromatic nitrogens is 1. The zero-order chi connectivity index (χ0) is 18.0. The summed E-state index contributed by atoms with van der Waals surface area (Å²) in [6.45, 7) is 1.30. The first kappa shape index (κ1) is 18.2. The van der Waals surface area contributed by atoms with Gasteiger partial charge < -0.3 is 10.1 Å². The van der Waals surface area contributed by atoms with Crippen LogP contribution in [-0.2, 0) is 22.4 Å². The predicted molar refractivity (Wildman–Crippen MR) is 98.9 cm³/mol. The number of hydrogen-bond acceptors (Lipinski definition) is 5. The number of anilines is 1. The fourth-order valence-corrected chi connectivity index (χ4v) is 4.16. The number of pyridine rings is 1. The van der Waals surface area contributed by atoms with Gasteiger partial charge in [0.2, 0.25) is 0 Å². The Morgan fingerprint density at radius 3 is 2.76 bits per heavy atom. The number of hydrogen-bond donors (Lipinski definition) is 1. The lowest BCUT2D eigenvalue weighted by Crippen LogP contribution is -2.21. The van der Waals surface area contributed by atoms with E-state index in [4.69, 9.17) is 27.9 Å². The summed E-state index contributed by atoms with van der Waals surface area (Å²) in [5.74, 6) is -0.803. The molecule has 1 aliphatic rings. The van der Waals surface area contributed by atoms with E-state index >= 15 is 0 Å². The second kappa shape index (κ2) is 7.72. The summed E-state index contributed by atoms with van der Waals surface area (Å²) < 4.78 is 5.10. The third-order valence-corrected chi connectivity index (χ3v) is 5.78. The molecule has 3 rings (SSSR count). The number of rotatable bonds is 4. The summed E-state index contributed by atoms with van der Waals surface area (Å²) in [4.78, 5) is 30.0. The van der Waals surface area contributed by atoms with Gasteiger partial charge in [-0.15, -0.1) is 11.3 Å². The maximum Gasteiger partial charge on any atom is 0.348 e. The molecule has 1 N–H and O–H groups in total. The summed E-state index contributed by atoms with van der Waals surface area (Å²) >= 11 is 13.4. The van der Waals surface area contributed by atoms with Gasteiger partial charge in [0.1, 0.15) is 4.88 Å². The second-order valence-corrected chi connectivity index (χ2v) is 7.73. The molecule has 0 saturated carbocycles. The van der Waals surface area contributed by atoms with Crippen LogP contribution in [0.5, 0.6) is 0 Å². The van der Waals surface area contributed by atoms with Crippen LogP contribution in [-0.4, -0.2) is 23.5 Å². The van der Waals surface area contributed by atoms with E-state index in [9.17, 15) is 9.59 Å². The number of halogens is 2. The van der Waals surface area contributed by atoms with Crippen molar-refractivity contribution in [3.63, 3.8) is 0 Å². The number of thiophene rings is 1. The van der Waals surface area contributed by atoms with E-state index in [1.165, 1.54) is 27.8 Å². The van der Waals surface area contributed by atoms with Gasteiger partial charge in [-0.05, 0) is 50.3 Å². The first-order valence-electron chi connectivity index (χ1n) is 7.85. The number of ether oxygens (including phenoxy) is 1. The van der Waals surface area contributed by atoms with Crippen LogP contribution in [0.1, 0.15) is 38.6 Å². The maximum atomic E-state index is 12.1. The van der Waals surface area contributed by atoms with Gasteiger partial charge in [0.05, 0.1) is 15.7 Å². The molecule has 0 fully saturated rings. The maximum absolute atomic E-state index is 12.1. The van der Waals surface area contributed by atoms with E-state index in [2.05, 4.69) is 10.3 Å². The van der Waals surface area contributed by atoms with Gasteiger partial charge >= 0.3 is 5.97 Å². The highest BCUT2D eigenvalue weighted by molar-refractivity contribution is 7.14. The van der Waals surface area contributed by atoms with Crippen LogP contribution in [0.3, 0.4) is 0 Å². The molecule has 0 unspecified atom stereocenters. The third-order valence-electron chi connectivity index (χ3n) is 3.89. The fraction of sp³-hybridized carbons (Fsp3) is 0.353. The van der Waals surface area contributed by atoms with Crippen LogP contribution in [0.15, 0.2) is 12.1 Å². The minimum Gasteiger partial charge on any atom is -0.451 e. The van der Waals surface area contributed by atoms with Gasteiger partial charge in [0.15, 0.2) is 12.4 Å². The Morgan fingerprint density at radius 1 is 1.24 bits per heavy atom. The lowest BCUT2D eigenvalue weighted by Gasteiger charge is -2.08. The predicted octanol–water partition coefficient (Wildman–Crippen LogP) is 4.43. The monoisotopic (exact) mass is 398 g/mol. The first-order valence-corrected chi connectivity index (χ1v) is 9.42. The van der Waals surface area contributed by atoms with Crippen LogP contribution < -0.4 is 5.32 Å². The van der Waals surface area contributed by atoms with Crippen molar-refractivity contribution in [1.82, 2.24) is 4.98 Å². The molecule has 0 aliphatic heterocycles. The summed E-state index contributed by atoms with van der Waals surface area (Å²) in [5.41, 5.74) is 1.77. The Bertz CT molecular complexity index is 812. The standard InChI is InChI=1S/C17H16Cl2N2O3S/c1-9-11(18)7-12(19)16(20-9)21-15(22)8-24-17(23)14-6-10-4-2-3-5-13(10)25-14/h6-7H,2-5,8H2,1H3,(H,20,21,22). The molecule has 0 bridgehead atoms. The molecule has 2 heterocycles. The number of fused-ring (bicyclic) bond motifs is 1. The van der Waals surface area contributed by atoms with Crippen LogP contribution in [0.25, 0.3) is 0 Å². The van der Waals surface area contributed by atoms with Crippen LogP contribution in [0.4, 0.5) is 5.82 Å². The van der Waals surface area contributed by atoms with Gasteiger partial charge in [-0.2, -0.15) is 0 Å². The van der Waals surface area contributed by atoms with E-state index in [0.717, 1.165) is 25.7 Å². The van der Waals surface area contributed by atoms with Gasteiger partial charge in [0.25, 0.3) is 5.91 Å². The Kier molecular flexibility index (Phi) is 5.61. The third kappa shape index (κ3) is 4.32. The van der Waals surface area contributed by atoms with Crippen molar-refractivity contribution in [2.24, 2.45) is 0 Å². The average Bonchev–Trinajstić information content (AvgIpc) is 3.02. The van der Waals surface area contributed by atoms with Crippen molar-refractivity contribution < 1.29 is 14.3 Å². The number of carbonyl (C=O) groups is 2. The molecule has 0 saturated heterocycles. The summed E-state index contributed by atoms with van der Waals surface area (Å²) in [6, 6.07) is 3.38.